The van der Waals surface area contributed by atoms with Crippen molar-refractivity contribution in [2.24, 2.45) is 17.6 Å². The van der Waals surface area contributed by atoms with Gasteiger partial charge in [-0.15, -0.1) is 0 Å². The maximum absolute atomic E-state index is 12.7. The molecule has 1 aliphatic rings. The minimum Gasteiger partial charge on any atom is -0.375 e. The fourth-order valence-corrected chi connectivity index (χ4v) is 2.70. The quantitative estimate of drug-likeness (QED) is 0.741. The number of amides is 2. The lowest BCUT2D eigenvalue weighted by molar-refractivity contribution is -0.140. The maximum Gasteiger partial charge on any atom is 0.246 e. The number of carbonyl (C=O) groups excluding carboxylic acids is 2. The second-order valence-electron chi connectivity index (χ2n) is 6.27. The number of hydrogen-bond acceptors (Lipinski definition) is 4. The summed E-state index contributed by atoms with van der Waals surface area (Å²) in [5.74, 6) is 0.101. The van der Waals surface area contributed by atoms with Gasteiger partial charge in [0.1, 0.15) is 12.6 Å². The molecule has 0 aliphatic carbocycles. The number of nitrogens with two attached hydrogens (primary N) is 1. The highest BCUT2D eigenvalue weighted by Gasteiger charge is 2.32. The number of ether oxygens (including phenoxy) is 1. The Kier molecular flexibility index (Phi) is 7.11. The van der Waals surface area contributed by atoms with E-state index in [4.69, 9.17) is 10.5 Å². The first-order valence-corrected chi connectivity index (χ1v) is 7.69. The Hall–Kier alpha value is -1.14. The Labute approximate surface area is 127 Å². The highest BCUT2D eigenvalue weighted by molar-refractivity contribution is 5.88. The van der Waals surface area contributed by atoms with Gasteiger partial charge in [0.2, 0.25) is 11.8 Å². The van der Waals surface area contributed by atoms with Gasteiger partial charge in [-0.05, 0) is 31.6 Å². The largest absolute Gasteiger partial charge is 0.375 e. The Bertz CT molecular complexity index is 358. The van der Waals surface area contributed by atoms with Crippen LogP contribution in [-0.2, 0) is 14.3 Å². The average Bonchev–Trinajstić information content (AvgIpc) is 2.44. The van der Waals surface area contributed by atoms with Gasteiger partial charge in [0.05, 0.1) is 0 Å². The Morgan fingerprint density at radius 2 is 2.05 bits per heavy atom. The molecule has 1 saturated heterocycles. The minimum absolute atomic E-state index is 0.0141. The van der Waals surface area contributed by atoms with Crippen molar-refractivity contribution in [3.8, 4) is 0 Å². The predicted molar refractivity (Wildman–Crippen MR) is 81.6 cm³/mol. The number of piperidine rings is 1. The van der Waals surface area contributed by atoms with Crippen LogP contribution in [0.25, 0.3) is 0 Å². The van der Waals surface area contributed by atoms with Crippen LogP contribution in [0.2, 0.25) is 0 Å². The number of rotatable bonds is 6. The molecule has 0 bridgehead atoms. The maximum atomic E-state index is 12.7. The molecule has 3 atom stereocenters. The molecular formula is C15H29N3O3. The van der Waals surface area contributed by atoms with Gasteiger partial charge in [-0.1, -0.05) is 13.8 Å². The zero-order valence-electron chi connectivity index (χ0n) is 13.6. The van der Waals surface area contributed by atoms with Crippen LogP contribution in [0.5, 0.6) is 0 Å². The number of carbonyl (C=O) groups is 2. The van der Waals surface area contributed by atoms with Crippen LogP contribution in [-0.4, -0.2) is 55.6 Å². The smallest absolute Gasteiger partial charge is 0.246 e. The second-order valence-corrected chi connectivity index (χ2v) is 6.27. The van der Waals surface area contributed by atoms with Gasteiger partial charge in [-0.25, -0.2) is 0 Å². The third-order valence-electron chi connectivity index (χ3n) is 4.04. The summed E-state index contributed by atoms with van der Waals surface area (Å²) in [6.45, 7) is 7.24. The van der Waals surface area contributed by atoms with Gasteiger partial charge >= 0.3 is 0 Å². The highest BCUT2D eigenvalue weighted by Crippen LogP contribution is 2.20. The predicted octanol–water partition coefficient (Wildman–Crippen LogP) is 0.359. The molecule has 21 heavy (non-hydrogen) atoms. The molecule has 1 heterocycles. The number of nitrogens with zero attached hydrogens (tertiary/aromatic N) is 1. The second kappa shape index (κ2) is 8.34. The van der Waals surface area contributed by atoms with Crippen molar-refractivity contribution in [3.63, 3.8) is 0 Å². The van der Waals surface area contributed by atoms with Crippen molar-refractivity contribution in [2.75, 3.05) is 26.8 Å². The van der Waals surface area contributed by atoms with E-state index in [0.29, 0.717) is 12.5 Å². The van der Waals surface area contributed by atoms with E-state index in [9.17, 15) is 9.59 Å². The van der Waals surface area contributed by atoms with E-state index >= 15 is 0 Å². The summed E-state index contributed by atoms with van der Waals surface area (Å²) < 4.78 is 4.80. The van der Waals surface area contributed by atoms with E-state index in [-0.39, 0.29) is 30.4 Å². The lowest BCUT2D eigenvalue weighted by atomic mass is 9.91. The standard InChI is InChI=1S/C15H29N3O3/c1-10(2)14(17-13(19)9-21-4)15(20)18-7-5-6-12(8-18)11(3)16/h10-12,14H,5-9,16H2,1-4H3,(H,17,19)/t11?,12?,14-/m0/s1. The molecule has 0 spiro atoms. The summed E-state index contributed by atoms with van der Waals surface area (Å²) in [6, 6.07) is -0.416. The number of hydrogen-bond donors (Lipinski definition) is 2. The summed E-state index contributed by atoms with van der Waals surface area (Å²) >= 11 is 0. The van der Waals surface area contributed by atoms with E-state index in [0.717, 1.165) is 19.4 Å². The molecule has 0 radical (unpaired) electrons. The molecule has 6 heteroatoms. The molecule has 6 nitrogen and oxygen atoms in total. The Morgan fingerprint density at radius 1 is 1.38 bits per heavy atom. The number of likely N-dealkylation sites (tertiary alicyclic amines) is 1. The van der Waals surface area contributed by atoms with Crippen molar-refractivity contribution < 1.29 is 14.3 Å². The topological polar surface area (TPSA) is 84.7 Å². The summed E-state index contributed by atoms with van der Waals surface area (Å²) in [5.41, 5.74) is 5.96. The van der Waals surface area contributed by atoms with Crippen molar-refractivity contribution in [1.82, 2.24) is 10.2 Å². The first-order valence-electron chi connectivity index (χ1n) is 7.69. The van der Waals surface area contributed by atoms with Crippen molar-refractivity contribution in [3.05, 3.63) is 0 Å². The Balaban J connectivity index is 2.69. The summed E-state index contributed by atoms with van der Waals surface area (Å²) in [5, 5.41) is 2.77. The first kappa shape index (κ1) is 17.9. The molecule has 3 N–H and O–H groups in total. The van der Waals surface area contributed by atoms with Crippen molar-refractivity contribution >= 4 is 11.8 Å². The fraction of sp³-hybridized carbons (Fsp3) is 0.867. The number of nitrogens with one attached hydrogen (secondary N) is 1. The molecule has 2 amide bonds. The van der Waals surface area contributed by atoms with Crippen LogP contribution < -0.4 is 11.1 Å². The van der Waals surface area contributed by atoms with Crippen LogP contribution >= 0.6 is 0 Å². The summed E-state index contributed by atoms with van der Waals surface area (Å²) in [7, 11) is 1.46. The summed E-state index contributed by atoms with van der Waals surface area (Å²) in [6.07, 6.45) is 2.03. The molecule has 0 saturated carbocycles. The van der Waals surface area contributed by atoms with Gasteiger partial charge < -0.3 is 20.7 Å². The van der Waals surface area contributed by atoms with Crippen molar-refractivity contribution in [2.45, 2.75) is 45.7 Å². The number of methoxy groups -OCH3 is 1. The normalized spacial score (nSPS) is 22.0. The monoisotopic (exact) mass is 299 g/mol. The molecule has 0 aromatic carbocycles. The van der Waals surface area contributed by atoms with Gasteiger partial charge in [0, 0.05) is 26.2 Å². The van der Waals surface area contributed by atoms with E-state index < -0.39 is 6.04 Å². The lowest BCUT2D eigenvalue weighted by Crippen LogP contribution is -2.55. The van der Waals surface area contributed by atoms with Crippen LogP contribution in [0.3, 0.4) is 0 Å². The fourth-order valence-electron chi connectivity index (χ4n) is 2.70. The SMILES string of the molecule is COCC(=O)N[C@H](C(=O)N1CCCC(C(C)N)C1)C(C)C. The minimum atomic E-state index is -0.500. The molecule has 1 aliphatic heterocycles. The zero-order valence-corrected chi connectivity index (χ0v) is 13.6. The van der Waals surface area contributed by atoms with E-state index in [1.54, 1.807) is 0 Å². The first-order chi connectivity index (χ1) is 9.86. The third kappa shape index (κ3) is 5.28. The Morgan fingerprint density at radius 3 is 2.57 bits per heavy atom. The van der Waals surface area contributed by atoms with Crippen molar-refractivity contribution in [1.29, 1.82) is 0 Å². The van der Waals surface area contributed by atoms with Gasteiger partial charge in [-0.2, -0.15) is 0 Å². The van der Waals surface area contributed by atoms with Crippen LogP contribution in [0.1, 0.15) is 33.6 Å². The van der Waals surface area contributed by atoms with Gasteiger partial charge in [-0.3, -0.25) is 9.59 Å². The average molecular weight is 299 g/mol. The molecule has 1 rings (SSSR count). The molecule has 0 aromatic rings. The van der Waals surface area contributed by atoms with Crippen LogP contribution in [0.4, 0.5) is 0 Å². The molecule has 122 valence electrons. The zero-order chi connectivity index (χ0) is 16.0. The molecule has 2 unspecified atom stereocenters. The van der Waals surface area contributed by atoms with Crippen LogP contribution in [0, 0.1) is 11.8 Å². The lowest BCUT2D eigenvalue weighted by Gasteiger charge is -2.37. The van der Waals surface area contributed by atoms with E-state index in [1.807, 2.05) is 25.7 Å². The van der Waals surface area contributed by atoms with Crippen LogP contribution in [0.15, 0.2) is 0 Å². The molecular weight excluding hydrogens is 270 g/mol. The van der Waals surface area contributed by atoms with Gasteiger partial charge in [0.15, 0.2) is 0 Å². The van der Waals surface area contributed by atoms with E-state index in [1.165, 1.54) is 7.11 Å². The third-order valence-corrected chi connectivity index (χ3v) is 4.04. The molecule has 1 fully saturated rings. The van der Waals surface area contributed by atoms with Gasteiger partial charge in [0.25, 0.3) is 0 Å². The molecule has 0 aromatic heterocycles. The summed E-state index contributed by atoms with van der Waals surface area (Å²) in [4.78, 5) is 26.2. The van der Waals surface area contributed by atoms with E-state index in [2.05, 4.69) is 5.32 Å². The highest BCUT2D eigenvalue weighted by atomic mass is 16.5.